The lowest BCUT2D eigenvalue weighted by Crippen LogP contribution is -2.54. The molecule has 1 fully saturated rings. The summed E-state index contributed by atoms with van der Waals surface area (Å²) in [6, 6.07) is 8.20. The van der Waals surface area contributed by atoms with Crippen LogP contribution in [0.4, 0.5) is 5.13 Å². The smallest absolute Gasteiger partial charge is 0.222 e. The lowest BCUT2D eigenvalue weighted by Gasteiger charge is -2.39. The van der Waals surface area contributed by atoms with Crippen LogP contribution < -0.4 is 9.64 Å². The number of ether oxygens (including phenoxy) is 1. The second-order valence-electron chi connectivity index (χ2n) is 7.01. The van der Waals surface area contributed by atoms with Crippen molar-refractivity contribution in [3.63, 3.8) is 0 Å². The number of nitrogens with zero attached hydrogens (tertiary/aromatic N) is 4. The van der Waals surface area contributed by atoms with E-state index in [1.165, 1.54) is 11.5 Å². The van der Waals surface area contributed by atoms with Crippen LogP contribution in [-0.4, -0.2) is 53.0 Å². The second kappa shape index (κ2) is 9.17. The van der Waals surface area contributed by atoms with Crippen LogP contribution in [0, 0.1) is 0 Å². The Labute approximate surface area is 165 Å². The number of aromatic nitrogens is 2. The maximum absolute atomic E-state index is 12.3. The van der Waals surface area contributed by atoms with E-state index in [1.54, 1.807) is 7.11 Å². The molecule has 1 aliphatic rings. The Kier molecular flexibility index (Phi) is 6.66. The van der Waals surface area contributed by atoms with E-state index >= 15 is 0 Å². The van der Waals surface area contributed by atoms with Gasteiger partial charge in [0.25, 0.3) is 0 Å². The first-order valence-corrected chi connectivity index (χ1v) is 10.4. The lowest BCUT2D eigenvalue weighted by molar-refractivity contribution is -0.133. The fraction of sp³-hybridized carbons (Fsp3) is 0.550. The number of unbranched alkanes of at least 4 members (excludes halogenated alkanes) is 1. The molecule has 146 valence electrons. The number of anilines is 1. The highest BCUT2D eigenvalue weighted by molar-refractivity contribution is 7.09. The van der Waals surface area contributed by atoms with Crippen LogP contribution in [0.15, 0.2) is 24.3 Å². The molecule has 0 aliphatic carbocycles. The van der Waals surface area contributed by atoms with Crippen LogP contribution in [0.1, 0.15) is 44.5 Å². The standard InChI is InChI=1S/C20H28N4O2S/c1-4-5-9-19(25)24-11-10-23(14-15(24)2)20-21-18(22-27-20)13-16-7-6-8-17(12-16)26-3/h6-8,12,15H,4-5,9-11,13-14H2,1-3H3. The molecule has 0 bridgehead atoms. The minimum atomic E-state index is 0.203. The molecule has 2 aromatic rings. The van der Waals surface area contributed by atoms with Crippen molar-refractivity contribution in [2.75, 3.05) is 31.6 Å². The average Bonchev–Trinajstić information content (AvgIpc) is 3.14. The molecular formula is C20H28N4O2S. The number of hydrogen-bond acceptors (Lipinski definition) is 6. The molecule has 0 spiro atoms. The Morgan fingerprint density at radius 3 is 2.96 bits per heavy atom. The molecule has 2 heterocycles. The van der Waals surface area contributed by atoms with Gasteiger partial charge in [0.1, 0.15) is 11.6 Å². The van der Waals surface area contributed by atoms with Crippen LogP contribution >= 0.6 is 11.5 Å². The average molecular weight is 389 g/mol. The number of methoxy groups -OCH3 is 1. The molecule has 0 N–H and O–H groups in total. The molecular weight excluding hydrogens is 360 g/mol. The van der Waals surface area contributed by atoms with Gasteiger partial charge >= 0.3 is 0 Å². The van der Waals surface area contributed by atoms with E-state index < -0.39 is 0 Å². The molecule has 7 heteroatoms. The zero-order valence-corrected chi connectivity index (χ0v) is 17.2. The van der Waals surface area contributed by atoms with Gasteiger partial charge in [-0.25, -0.2) is 4.98 Å². The molecule has 1 aliphatic heterocycles. The second-order valence-corrected chi connectivity index (χ2v) is 7.74. The zero-order valence-electron chi connectivity index (χ0n) is 16.4. The predicted octanol–water partition coefficient (Wildman–Crippen LogP) is 3.36. The summed E-state index contributed by atoms with van der Waals surface area (Å²) >= 11 is 1.44. The molecule has 1 aromatic heterocycles. The summed E-state index contributed by atoms with van der Waals surface area (Å²) in [5.74, 6) is 1.96. The quantitative estimate of drug-likeness (QED) is 0.728. The summed E-state index contributed by atoms with van der Waals surface area (Å²) < 4.78 is 9.81. The molecule has 3 rings (SSSR count). The third-order valence-corrected chi connectivity index (χ3v) is 5.73. The molecule has 27 heavy (non-hydrogen) atoms. The van der Waals surface area contributed by atoms with Gasteiger partial charge in [-0.2, -0.15) is 4.37 Å². The number of carbonyl (C=O) groups is 1. The maximum Gasteiger partial charge on any atom is 0.222 e. The van der Waals surface area contributed by atoms with E-state index in [9.17, 15) is 4.79 Å². The van der Waals surface area contributed by atoms with Gasteiger partial charge in [0.15, 0.2) is 0 Å². The van der Waals surface area contributed by atoms with E-state index in [-0.39, 0.29) is 11.9 Å². The maximum atomic E-state index is 12.3. The van der Waals surface area contributed by atoms with Crippen molar-refractivity contribution in [2.45, 2.75) is 45.6 Å². The summed E-state index contributed by atoms with van der Waals surface area (Å²) in [6.45, 7) is 6.62. The summed E-state index contributed by atoms with van der Waals surface area (Å²) in [4.78, 5) is 21.3. The summed E-state index contributed by atoms with van der Waals surface area (Å²) in [5, 5.41) is 0.945. The van der Waals surface area contributed by atoms with Gasteiger partial charge in [-0.3, -0.25) is 4.79 Å². The topological polar surface area (TPSA) is 58.6 Å². The van der Waals surface area contributed by atoms with E-state index in [0.29, 0.717) is 12.8 Å². The third kappa shape index (κ3) is 4.97. The van der Waals surface area contributed by atoms with Crippen LogP contribution in [0.3, 0.4) is 0 Å². The van der Waals surface area contributed by atoms with Crippen molar-refractivity contribution in [1.29, 1.82) is 0 Å². The van der Waals surface area contributed by atoms with Crippen molar-refractivity contribution in [3.05, 3.63) is 35.7 Å². The van der Waals surface area contributed by atoms with Gasteiger partial charge < -0.3 is 14.5 Å². The summed E-state index contributed by atoms with van der Waals surface area (Å²) in [5.41, 5.74) is 1.14. The molecule has 6 nitrogen and oxygen atoms in total. The minimum absolute atomic E-state index is 0.203. The predicted molar refractivity (Wildman–Crippen MR) is 109 cm³/mol. The molecule has 1 atom stereocenters. The first-order valence-electron chi connectivity index (χ1n) is 9.60. The number of benzene rings is 1. The largest absolute Gasteiger partial charge is 0.497 e. The van der Waals surface area contributed by atoms with Crippen LogP contribution in [0.5, 0.6) is 5.75 Å². The van der Waals surface area contributed by atoms with E-state index in [0.717, 1.165) is 54.7 Å². The van der Waals surface area contributed by atoms with Gasteiger partial charge in [0.05, 0.1) is 7.11 Å². The van der Waals surface area contributed by atoms with E-state index in [4.69, 9.17) is 9.72 Å². The Hall–Kier alpha value is -2.15. The SMILES string of the molecule is CCCCC(=O)N1CCN(c2nc(Cc3cccc(OC)c3)ns2)CC1C. The Morgan fingerprint density at radius 1 is 1.37 bits per heavy atom. The number of piperazine rings is 1. The van der Waals surface area contributed by atoms with Gasteiger partial charge in [-0.15, -0.1) is 0 Å². The van der Waals surface area contributed by atoms with Crippen LogP contribution in [-0.2, 0) is 11.2 Å². The van der Waals surface area contributed by atoms with Crippen molar-refractivity contribution < 1.29 is 9.53 Å². The Morgan fingerprint density at radius 2 is 2.22 bits per heavy atom. The molecule has 1 aromatic carbocycles. The Bertz CT molecular complexity index is 764. The monoisotopic (exact) mass is 388 g/mol. The van der Waals surface area contributed by atoms with Crippen LogP contribution in [0.25, 0.3) is 0 Å². The lowest BCUT2D eigenvalue weighted by atomic mass is 10.1. The van der Waals surface area contributed by atoms with Gasteiger partial charge in [-0.1, -0.05) is 25.5 Å². The number of carbonyl (C=O) groups excluding carboxylic acids is 1. The van der Waals surface area contributed by atoms with Gasteiger partial charge in [-0.05, 0) is 31.0 Å². The normalized spacial score (nSPS) is 17.2. The first-order chi connectivity index (χ1) is 13.1. The Balaban J connectivity index is 1.59. The first kappa shape index (κ1) is 19.6. The zero-order chi connectivity index (χ0) is 19.2. The third-order valence-electron chi connectivity index (χ3n) is 4.92. The molecule has 1 amide bonds. The van der Waals surface area contributed by atoms with E-state index in [1.807, 2.05) is 23.1 Å². The molecule has 1 unspecified atom stereocenters. The van der Waals surface area contributed by atoms with Crippen LogP contribution in [0.2, 0.25) is 0 Å². The highest BCUT2D eigenvalue weighted by Gasteiger charge is 2.28. The molecule has 0 saturated carbocycles. The highest BCUT2D eigenvalue weighted by Crippen LogP contribution is 2.23. The van der Waals surface area contributed by atoms with E-state index in [2.05, 4.69) is 29.2 Å². The van der Waals surface area contributed by atoms with Crippen molar-refractivity contribution >= 4 is 22.6 Å². The number of hydrogen-bond donors (Lipinski definition) is 0. The summed E-state index contributed by atoms with van der Waals surface area (Å²) in [6.07, 6.45) is 3.37. The minimum Gasteiger partial charge on any atom is -0.497 e. The van der Waals surface area contributed by atoms with Gasteiger partial charge in [0, 0.05) is 50.1 Å². The van der Waals surface area contributed by atoms with Crippen molar-refractivity contribution in [1.82, 2.24) is 14.3 Å². The number of amides is 1. The highest BCUT2D eigenvalue weighted by atomic mass is 32.1. The summed E-state index contributed by atoms with van der Waals surface area (Å²) in [7, 11) is 1.67. The van der Waals surface area contributed by atoms with Crippen molar-refractivity contribution in [2.24, 2.45) is 0 Å². The molecule has 0 radical (unpaired) electrons. The number of rotatable bonds is 7. The van der Waals surface area contributed by atoms with Crippen molar-refractivity contribution in [3.8, 4) is 5.75 Å². The molecule has 1 saturated heterocycles. The fourth-order valence-electron chi connectivity index (χ4n) is 3.38. The fourth-order valence-corrected chi connectivity index (χ4v) is 4.10. The van der Waals surface area contributed by atoms with Gasteiger partial charge in [0.2, 0.25) is 11.0 Å².